The number of nitrogens with one attached hydrogen (secondary N) is 1. The molecule has 3 heteroatoms. The molecule has 0 spiro atoms. The van der Waals surface area contributed by atoms with Crippen LogP contribution in [0.4, 0.5) is 0 Å². The van der Waals surface area contributed by atoms with Crippen molar-refractivity contribution in [3.63, 3.8) is 0 Å². The predicted molar refractivity (Wildman–Crippen MR) is 88.1 cm³/mol. The summed E-state index contributed by atoms with van der Waals surface area (Å²) in [5, 5.41) is 3.55. The number of aryl methyl sites for hydroxylation is 3. The van der Waals surface area contributed by atoms with Gasteiger partial charge >= 0.3 is 0 Å². The molecule has 1 aromatic carbocycles. The van der Waals surface area contributed by atoms with Gasteiger partial charge in [-0.3, -0.25) is 0 Å². The van der Waals surface area contributed by atoms with Crippen LogP contribution in [-0.4, -0.2) is 6.54 Å². The number of hydrogen-bond acceptors (Lipinski definition) is 2. The number of benzene rings is 1. The summed E-state index contributed by atoms with van der Waals surface area (Å²) in [5.74, 6) is 0. The standard InChI is InChI=1S/C16H20BrNS/c1-11-8-12(2)15(13(3)9-11)10-18-7-6-14-4-5-16(17)19-14/h4-5,8-9,18H,6-7,10H2,1-3H3. The molecule has 0 aliphatic carbocycles. The maximum absolute atomic E-state index is 3.55. The van der Waals surface area contributed by atoms with Crippen molar-refractivity contribution in [3.8, 4) is 0 Å². The zero-order valence-corrected chi connectivity index (χ0v) is 14.1. The maximum Gasteiger partial charge on any atom is 0.0701 e. The molecule has 0 amide bonds. The third-order valence-electron chi connectivity index (χ3n) is 3.32. The second kappa shape index (κ2) is 6.69. The molecule has 1 heterocycles. The van der Waals surface area contributed by atoms with Crippen molar-refractivity contribution >= 4 is 27.3 Å². The van der Waals surface area contributed by atoms with E-state index in [1.165, 1.54) is 30.9 Å². The molecule has 0 aliphatic heterocycles. The Bertz CT molecular complexity index is 537. The van der Waals surface area contributed by atoms with E-state index in [1.807, 2.05) is 11.3 Å². The summed E-state index contributed by atoms with van der Waals surface area (Å²) in [6.45, 7) is 8.55. The van der Waals surface area contributed by atoms with Gasteiger partial charge in [-0.05, 0) is 71.9 Å². The summed E-state index contributed by atoms with van der Waals surface area (Å²) in [5.41, 5.74) is 5.58. The monoisotopic (exact) mass is 337 g/mol. The first-order valence-electron chi connectivity index (χ1n) is 6.58. The number of rotatable bonds is 5. The highest BCUT2D eigenvalue weighted by atomic mass is 79.9. The third-order valence-corrected chi connectivity index (χ3v) is 5.00. The van der Waals surface area contributed by atoms with E-state index < -0.39 is 0 Å². The predicted octanol–water partition coefficient (Wildman–Crippen LogP) is 4.77. The van der Waals surface area contributed by atoms with Crippen LogP contribution >= 0.6 is 27.3 Å². The van der Waals surface area contributed by atoms with Crippen molar-refractivity contribution in [2.75, 3.05) is 6.54 Å². The van der Waals surface area contributed by atoms with Gasteiger partial charge in [0, 0.05) is 18.0 Å². The highest BCUT2D eigenvalue weighted by molar-refractivity contribution is 9.11. The van der Waals surface area contributed by atoms with E-state index in [1.54, 1.807) is 0 Å². The van der Waals surface area contributed by atoms with E-state index in [9.17, 15) is 0 Å². The van der Waals surface area contributed by atoms with Gasteiger partial charge in [-0.25, -0.2) is 0 Å². The van der Waals surface area contributed by atoms with Gasteiger partial charge in [0.25, 0.3) is 0 Å². The first kappa shape index (κ1) is 14.8. The first-order chi connectivity index (χ1) is 9.06. The molecule has 102 valence electrons. The molecule has 0 fully saturated rings. The van der Waals surface area contributed by atoms with Crippen molar-refractivity contribution in [1.29, 1.82) is 0 Å². The number of thiophene rings is 1. The quantitative estimate of drug-likeness (QED) is 0.775. The number of hydrogen-bond donors (Lipinski definition) is 1. The Morgan fingerprint density at radius 2 is 1.79 bits per heavy atom. The summed E-state index contributed by atoms with van der Waals surface area (Å²) in [7, 11) is 0. The fourth-order valence-electron chi connectivity index (χ4n) is 2.40. The van der Waals surface area contributed by atoms with E-state index >= 15 is 0 Å². The lowest BCUT2D eigenvalue weighted by atomic mass is 10.00. The summed E-state index contributed by atoms with van der Waals surface area (Å²) in [4.78, 5) is 1.43. The van der Waals surface area contributed by atoms with E-state index in [0.29, 0.717) is 0 Å². The van der Waals surface area contributed by atoms with Gasteiger partial charge in [-0.1, -0.05) is 17.7 Å². The minimum atomic E-state index is 0.963. The van der Waals surface area contributed by atoms with E-state index in [2.05, 4.69) is 66.3 Å². The lowest BCUT2D eigenvalue weighted by Crippen LogP contribution is -2.17. The fraction of sp³-hybridized carbons (Fsp3) is 0.375. The van der Waals surface area contributed by atoms with Crippen LogP contribution in [0.15, 0.2) is 28.1 Å². The molecule has 19 heavy (non-hydrogen) atoms. The summed E-state index contributed by atoms with van der Waals surface area (Å²) < 4.78 is 1.22. The number of halogens is 1. The van der Waals surface area contributed by atoms with Crippen LogP contribution in [0.2, 0.25) is 0 Å². The smallest absolute Gasteiger partial charge is 0.0701 e. The largest absolute Gasteiger partial charge is 0.312 e. The average molecular weight is 338 g/mol. The molecule has 2 rings (SSSR count). The molecular formula is C16H20BrNS. The highest BCUT2D eigenvalue weighted by Crippen LogP contribution is 2.22. The average Bonchev–Trinajstić information content (AvgIpc) is 2.73. The first-order valence-corrected chi connectivity index (χ1v) is 8.19. The minimum Gasteiger partial charge on any atom is -0.312 e. The van der Waals surface area contributed by atoms with Crippen molar-refractivity contribution in [1.82, 2.24) is 5.32 Å². The molecule has 0 bridgehead atoms. The Labute approximate surface area is 128 Å². The van der Waals surface area contributed by atoms with Gasteiger partial charge in [-0.15, -0.1) is 11.3 Å². The van der Waals surface area contributed by atoms with E-state index in [4.69, 9.17) is 0 Å². The van der Waals surface area contributed by atoms with Gasteiger partial charge < -0.3 is 5.32 Å². The molecule has 2 aromatic rings. The Morgan fingerprint density at radius 3 is 2.37 bits per heavy atom. The van der Waals surface area contributed by atoms with Crippen molar-refractivity contribution < 1.29 is 0 Å². The molecule has 1 N–H and O–H groups in total. The Hall–Kier alpha value is -0.640. The lowest BCUT2D eigenvalue weighted by molar-refractivity contribution is 0.685. The normalized spacial score (nSPS) is 10.9. The SMILES string of the molecule is Cc1cc(C)c(CNCCc2ccc(Br)s2)c(C)c1. The summed E-state index contributed by atoms with van der Waals surface area (Å²) in [6, 6.07) is 8.84. The summed E-state index contributed by atoms with van der Waals surface area (Å²) in [6.07, 6.45) is 1.10. The van der Waals surface area contributed by atoms with E-state index in [0.717, 1.165) is 19.5 Å². The van der Waals surface area contributed by atoms with Gasteiger partial charge in [0.1, 0.15) is 0 Å². The van der Waals surface area contributed by atoms with Gasteiger partial charge in [0.2, 0.25) is 0 Å². The van der Waals surface area contributed by atoms with E-state index in [-0.39, 0.29) is 0 Å². The van der Waals surface area contributed by atoms with Crippen LogP contribution in [-0.2, 0) is 13.0 Å². The molecule has 0 radical (unpaired) electrons. The highest BCUT2D eigenvalue weighted by Gasteiger charge is 2.03. The molecule has 0 atom stereocenters. The second-order valence-corrected chi connectivity index (χ2v) is 7.56. The molecule has 0 aliphatic rings. The topological polar surface area (TPSA) is 12.0 Å². The zero-order chi connectivity index (χ0) is 13.8. The van der Waals surface area contributed by atoms with Crippen LogP contribution in [0.1, 0.15) is 27.1 Å². The summed E-state index contributed by atoms with van der Waals surface area (Å²) >= 11 is 5.32. The van der Waals surface area contributed by atoms with Crippen molar-refractivity contribution in [2.45, 2.75) is 33.7 Å². The van der Waals surface area contributed by atoms with Crippen molar-refractivity contribution in [3.05, 3.63) is 55.2 Å². The fourth-order valence-corrected chi connectivity index (χ4v) is 3.88. The van der Waals surface area contributed by atoms with Gasteiger partial charge in [0.15, 0.2) is 0 Å². The molecule has 0 unspecified atom stereocenters. The molecule has 0 saturated heterocycles. The maximum atomic E-state index is 3.55. The molecule has 1 aromatic heterocycles. The Morgan fingerprint density at radius 1 is 1.11 bits per heavy atom. The zero-order valence-electron chi connectivity index (χ0n) is 11.7. The van der Waals surface area contributed by atoms with Crippen LogP contribution in [0.5, 0.6) is 0 Å². The van der Waals surface area contributed by atoms with Crippen LogP contribution in [0, 0.1) is 20.8 Å². The Balaban J connectivity index is 1.86. The van der Waals surface area contributed by atoms with Crippen molar-refractivity contribution in [2.24, 2.45) is 0 Å². The molecule has 0 saturated carbocycles. The molecule has 1 nitrogen and oxygen atoms in total. The minimum absolute atomic E-state index is 0.963. The third kappa shape index (κ3) is 4.16. The van der Waals surface area contributed by atoms with Gasteiger partial charge in [0.05, 0.1) is 3.79 Å². The van der Waals surface area contributed by atoms with Crippen LogP contribution < -0.4 is 5.32 Å². The lowest BCUT2D eigenvalue weighted by Gasteiger charge is -2.12. The van der Waals surface area contributed by atoms with Crippen LogP contribution in [0.3, 0.4) is 0 Å². The molecular weight excluding hydrogens is 318 g/mol. The Kier molecular flexibility index (Phi) is 5.20. The van der Waals surface area contributed by atoms with Gasteiger partial charge in [-0.2, -0.15) is 0 Å². The van der Waals surface area contributed by atoms with Crippen LogP contribution in [0.25, 0.3) is 0 Å². The second-order valence-electron chi connectivity index (χ2n) is 5.01.